The zero-order valence-corrected chi connectivity index (χ0v) is 31.9. The molecule has 1 heterocycles. The van der Waals surface area contributed by atoms with Gasteiger partial charge in [-0.15, -0.1) is 0 Å². The topological polar surface area (TPSA) is 148 Å². The van der Waals surface area contributed by atoms with Gasteiger partial charge in [0.15, 0.2) is 0 Å². The minimum Gasteiger partial charge on any atom is -0.493 e. The van der Waals surface area contributed by atoms with E-state index in [1.807, 2.05) is 33.8 Å². The van der Waals surface area contributed by atoms with Crippen LogP contribution in [0.1, 0.15) is 90.9 Å². The summed E-state index contributed by atoms with van der Waals surface area (Å²) in [5.74, 6) is -0.346. The lowest BCUT2D eigenvalue weighted by molar-refractivity contribution is -0.127. The smallest absolute Gasteiger partial charge is 0.407 e. The van der Waals surface area contributed by atoms with Crippen LogP contribution in [0.3, 0.4) is 0 Å². The van der Waals surface area contributed by atoms with Crippen molar-refractivity contribution in [3.63, 3.8) is 0 Å². The quantitative estimate of drug-likeness (QED) is 0.127. The summed E-state index contributed by atoms with van der Waals surface area (Å²) in [6.07, 6.45) is 1.36. The summed E-state index contributed by atoms with van der Waals surface area (Å²) >= 11 is 0. The Labute approximate surface area is 300 Å². The van der Waals surface area contributed by atoms with Crippen molar-refractivity contribution in [1.29, 1.82) is 0 Å². The van der Waals surface area contributed by atoms with Crippen molar-refractivity contribution in [3.05, 3.63) is 29.8 Å². The van der Waals surface area contributed by atoms with Crippen LogP contribution in [0, 0.1) is 23.7 Å². The fourth-order valence-electron chi connectivity index (χ4n) is 5.89. The van der Waals surface area contributed by atoms with E-state index in [0.717, 1.165) is 52.1 Å². The number of aliphatic hydroxyl groups is 1. The molecule has 0 aromatic heterocycles. The first kappa shape index (κ1) is 43.2. The summed E-state index contributed by atoms with van der Waals surface area (Å²) < 4.78 is 22.0. The molecule has 0 bridgehead atoms. The van der Waals surface area contributed by atoms with Gasteiger partial charge in [-0.3, -0.25) is 14.5 Å². The fraction of sp³-hybridized carbons (Fsp3) is 0.763. The van der Waals surface area contributed by atoms with E-state index < -0.39 is 29.8 Å². The van der Waals surface area contributed by atoms with E-state index in [2.05, 4.69) is 20.9 Å². The van der Waals surface area contributed by atoms with Crippen molar-refractivity contribution in [2.75, 3.05) is 66.3 Å². The number of carbonyl (C=O) groups excluding carboxylic acids is 3. The number of methoxy groups -OCH3 is 1. The molecule has 0 unspecified atom stereocenters. The van der Waals surface area contributed by atoms with Gasteiger partial charge in [-0.1, -0.05) is 39.8 Å². The van der Waals surface area contributed by atoms with E-state index >= 15 is 0 Å². The van der Waals surface area contributed by atoms with Crippen molar-refractivity contribution < 1.29 is 38.4 Å². The molecule has 1 aromatic carbocycles. The predicted molar refractivity (Wildman–Crippen MR) is 195 cm³/mol. The summed E-state index contributed by atoms with van der Waals surface area (Å²) in [5.41, 5.74) is -0.285. The summed E-state index contributed by atoms with van der Waals surface area (Å²) in [4.78, 5) is 42.0. The van der Waals surface area contributed by atoms with Crippen LogP contribution in [-0.4, -0.2) is 112 Å². The van der Waals surface area contributed by atoms with Crippen molar-refractivity contribution in [3.8, 4) is 5.75 Å². The van der Waals surface area contributed by atoms with Crippen LogP contribution in [0.25, 0.3) is 0 Å². The lowest BCUT2D eigenvalue weighted by atomic mass is 9.82. The molecule has 2 rings (SSSR count). The number of morpholine rings is 1. The molecule has 1 aliphatic heterocycles. The molecular weight excluding hydrogens is 640 g/mol. The van der Waals surface area contributed by atoms with Gasteiger partial charge in [0.05, 0.1) is 37.5 Å². The molecule has 1 fully saturated rings. The zero-order valence-electron chi connectivity index (χ0n) is 31.9. The van der Waals surface area contributed by atoms with Gasteiger partial charge in [0.25, 0.3) is 5.91 Å². The van der Waals surface area contributed by atoms with Gasteiger partial charge in [0.2, 0.25) is 5.91 Å². The maximum absolute atomic E-state index is 13.4. The Morgan fingerprint density at radius 2 is 1.62 bits per heavy atom. The van der Waals surface area contributed by atoms with Crippen LogP contribution in [0.4, 0.5) is 4.79 Å². The third kappa shape index (κ3) is 16.9. The van der Waals surface area contributed by atoms with Crippen molar-refractivity contribution in [1.82, 2.24) is 20.9 Å². The number of nitrogens with one attached hydrogen (secondary N) is 3. The molecule has 0 radical (unpaired) electrons. The second kappa shape index (κ2) is 22.8. The number of unbranched alkanes of at least 4 members (excludes halogenated alkanes) is 1. The molecule has 286 valence electrons. The number of carbonyl (C=O) groups is 3. The van der Waals surface area contributed by atoms with Gasteiger partial charge in [0.1, 0.15) is 11.4 Å². The molecule has 0 aliphatic carbocycles. The minimum atomic E-state index is -1.03. The number of ether oxygens (including phenoxy) is 4. The van der Waals surface area contributed by atoms with Gasteiger partial charge in [0, 0.05) is 45.8 Å². The van der Waals surface area contributed by atoms with Crippen LogP contribution in [-0.2, 0) is 19.0 Å². The molecule has 0 saturated carbocycles. The monoisotopic (exact) mass is 706 g/mol. The highest BCUT2D eigenvalue weighted by atomic mass is 16.6. The fourth-order valence-corrected chi connectivity index (χ4v) is 5.89. The number of aliphatic hydroxyl groups excluding tert-OH is 1. The van der Waals surface area contributed by atoms with Gasteiger partial charge < -0.3 is 40.0 Å². The maximum atomic E-state index is 13.4. The predicted octanol–water partition coefficient (Wildman–Crippen LogP) is 4.64. The maximum Gasteiger partial charge on any atom is 0.407 e. The molecule has 3 amide bonds. The van der Waals surface area contributed by atoms with E-state index in [-0.39, 0.29) is 36.0 Å². The Morgan fingerprint density at radius 3 is 2.26 bits per heavy atom. The van der Waals surface area contributed by atoms with Crippen LogP contribution in [0.2, 0.25) is 0 Å². The summed E-state index contributed by atoms with van der Waals surface area (Å²) in [7, 11) is 1.67. The molecule has 1 aliphatic rings. The first-order valence-electron chi connectivity index (χ1n) is 18.5. The Kier molecular flexibility index (Phi) is 19.7. The average Bonchev–Trinajstić information content (AvgIpc) is 3.06. The number of para-hydroxylation sites is 1. The highest BCUT2D eigenvalue weighted by Gasteiger charge is 2.33. The molecular formula is C38H66N4O8. The normalized spacial score (nSPS) is 16.4. The van der Waals surface area contributed by atoms with Crippen molar-refractivity contribution in [2.45, 2.75) is 98.3 Å². The average molecular weight is 707 g/mol. The molecule has 12 heteroatoms. The Balaban J connectivity index is 2.10. The molecule has 4 atom stereocenters. The second-order valence-electron chi connectivity index (χ2n) is 15.0. The summed E-state index contributed by atoms with van der Waals surface area (Å²) in [6.45, 7) is 19.5. The Morgan fingerprint density at radius 1 is 0.940 bits per heavy atom. The van der Waals surface area contributed by atoms with E-state index in [1.165, 1.54) is 0 Å². The van der Waals surface area contributed by atoms with Crippen LogP contribution in [0.15, 0.2) is 24.3 Å². The highest BCUT2D eigenvalue weighted by molar-refractivity contribution is 5.96. The minimum absolute atomic E-state index is 0.0338. The summed E-state index contributed by atoms with van der Waals surface area (Å²) in [6, 6.07) is 6.44. The molecule has 50 heavy (non-hydrogen) atoms. The van der Waals surface area contributed by atoms with E-state index in [1.54, 1.807) is 46.1 Å². The SMILES string of the molecule is COCCCCOc1ccccc1C(=O)NC[C@@H](C[C@H](NC(=O)OC(C)(C)C)[C@@H](O)C[C@H](C(=O)NCCCN1CCOCC1)C(C)C)C(C)C. The Hall–Kier alpha value is -2.93. The standard InChI is InChI=1S/C38H66N4O8/c1-27(2)29(26-40-35(44)30-14-9-10-15-34(30)49-21-12-11-20-47-8)24-32(41-37(46)50-38(5,6)7)33(43)25-31(28(3)4)36(45)39-16-13-17-42-18-22-48-23-19-42/h9-10,14-15,27-29,31-33,43H,11-13,16-26H2,1-8H3,(H,39,45)(H,40,44)(H,41,46)/t29-,31+,32+,33+/m1/s1. The third-order valence-corrected chi connectivity index (χ3v) is 9.01. The second-order valence-corrected chi connectivity index (χ2v) is 15.0. The summed E-state index contributed by atoms with van der Waals surface area (Å²) in [5, 5.41) is 20.7. The van der Waals surface area contributed by atoms with Crippen LogP contribution in [0.5, 0.6) is 5.75 Å². The first-order chi connectivity index (χ1) is 23.7. The molecule has 4 N–H and O–H groups in total. The van der Waals surface area contributed by atoms with Crippen LogP contribution >= 0.6 is 0 Å². The molecule has 1 saturated heterocycles. The lowest BCUT2D eigenvalue weighted by Gasteiger charge is -2.33. The number of alkyl carbamates (subject to hydrolysis) is 1. The van der Waals surface area contributed by atoms with Gasteiger partial charge in [-0.25, -0.2) is 4.79 Å². The number of amides is 3. The number of benzene rings is 1. The van der Waals surface area contributed by atoms with Gasteiger partial charge in [-0.2, -0.15) is 0 Å². The van der Waals surface area contributed by atoms with Gasteiger partial charge in [-0.05, 0) is 89.3 Å². The number of hydrogen-bond donors (Lipinski definition) is 4. The van der Waals surface area contributed by atoms with E-state index in [4.69, 9.17) is 18.9 Å². The molecule has 1 aromatic rings. The lowest BCUT2D eigenvalue weighted by Crippen LogP contribution is -2.49. The largest absolute Gasteiger partial charge is 0.493 e. The molecule has 0 spiro atoms. The van der Waals surface area contributed by atoms with Gasteiger partial charge >= 0.3 is 6.09 Å². The first-order valence-corrected chi connectivity index (χ1v) is 18.5. The number of hydrogen-bond acceptors (Lipinski definition) is 9. The molecule has 12 nitrogen and oxygen atoms in total. The van der Waals surface area contributed by atoms with Crippen molar-refractivity contribution >= 4 is 17.9 Å². The Bertz CT molecular complexity index is 1140. The van der Waals surface area contributed by atoms with Crippen molar-refractivity contribution in [2.24, 2.45) is 23.7 Å². The highest BCUT2D eigenvalue weighted by Crippen LogP contribution is 2.25. The number of nitrogens with zero attached hydrogens (tertiary/aromatic N) is 1. The van der Waals surface area contributed by atoms with E-state index in [0.29, 0.717) is 44.0 Å². The number of rotatable bonds is 22. The zero-order chi connectivity index (χ0) is 37.1. The van der Waals surface area contributed by atoms with Crippen LogP contribution < -0.4 is 20.7 Å². The van der Waals surface area contributed by atoms with E-state index in [9.17, 15) is 19.5 Å². The third-order valence-electron chi connectivity index (χ3n) is 9.01.